The summed E-state index contributed by atoms with van der Waals surface area (Å²) < 4.78 is 5.00. The SMILES string of the molecule is Cc1noc([C@H](C)N2CCNC2=O)n1. The van der Waals surface area contributed by atoms with E-state index in [9.17, 15) is 4.79 Å². The minimum Gasteiger partial charge on any atom is -0.337 e. The lowest BCUT2D eigenvalue weighted by Crippen LogP contribution is -2.30. The predicted octanol–water partition coefficient (Wildman–Crippen LogP) is 0.464. The number of urea groups is 1. The van der Waals surface area contributed by atoms with E-state index < -0.39 is 0 Å². The first-order chi connectivity index (χ1) is 6.68. The molecule has 0 unspecified atom stereocenters. The van der Waals surface area contributed by atoms with Crippen molar-refractivity contribution in [2.75, 3.05) is 13.1 Å². The smallest absolute Gasteiger partial charge is 0.318 e. The number of hydrogen-bond acceptors (Lipinski definition) is 4. The van der Waals surface area contributed by atoms with Gasteiger partial charge < -0.3 is 14.7 Å². The van der Waals surface area contributed by atoms with E-state index in [1.165, 1.54) is 0 Å². The molecule has 6 nitrogen and oxygen atoms in total. The van der Waals surface area contributed by atoms with Crippen LogP contribution in [0.15, 0.2) is 4.52 Å². The first-order valence-corrected chi connectivity index (χ1v) is 4.53. The third-order valence-corrected chi connectivity index (χ3v) is 2.26. The van der Waals surface area contributed by atoms with Gasteiger partial charge in [0.05, 0.1) is 0 Å². The molecular formula is C8H12N4O2. The van der Waals surface area contributed by atoms with E-state index in [2.05, 4.69) is 15.5 Å². The maximum atomic E-state index is 11.3. The fraction of sp³-hybridized carbons (Fsp3) is 0.625. The first-order valence-electron chi connectivity index (χ1n) is 4.53. The van der Waals surface area contributed by atoms with E-state index >= 15 is 0 Å². The largest absolute Gasteiger partial charge is 0.337 e. The summed E-state index contributed by atoms with van der Waals surface area (Å²) in [7, 11) is 0. The topological polar surface area (TPSA) is 71.3 Å². The molecule has 1 aliphatic heterocycles. The Balaban J connectivity index is 2.15. The summed E-state index contributed by atoms with van der Waals surface area (Å²) >= 11 is 0. The Kier molecular flexibility index (Phi) is 2.11. The fourth-order valence-corrected chi connectivity index (χ4v) is 1.47. The van der Waals surface area contributed by atoms with Crippen LogP contribution in [-0.2, 0) is 0 Å². The van der Waals surface area contributed by atoms with Crippen LogP contribution in [0.3, 0.4) is 0 Å². The molecule has 0 radical (unpaired) electrons. The van der Waals surface area contributed by atoms with Crippen LogP contribution >= 0.6 is 0 Å². The maximum Gasteiger partial charge on any atom is 0.318 e. The highest BCUT2D eigenvalue weighted by molar-refractivity contribution is 5.76. The molecule has 1 aromatic rings. The maximum absolute atomic E-state index is 11.3. The highest BCUT2D eigenvalue weighted by atomic mass is 16.5. The van der Waals surface area contributed by atoms with Gasteiger partial charge in [0.15, 0.2) is 5.82 Å². The van der Waals surface area contributed by atoms with Crippen molar-refractivity contribution in [2.45, 2.75) is 19.9 Å². The standard InChI is InChI=1S/C8H12N4O2/c1-5(7-10-6(2)11-14-7)12-4-3-9-8(12)13/h5H,3-4H2,1-2H3,(H,9,13)/t5-/m0/s1. The second kappa shape index (κ2) is 3.28. The Bertz CT molecular complexity index is 349. The van der Waals surface area contributed by atoms with Gasteiger partial charge in [-0.1, -0.05) is 5.16 Å². The van der Waals surface area contributed by atoms with Crippen LogP contribution in [0.4, 0.5) is 4.79 Å². The summed E-state index contributed by atoms with van der Waals surface area (Å²) in [6, 6.07) is -0.230. The minimum absolute atomic E-state index is 0.0756. The van der Waals surface area contributed by atoms with Crippen molar-refractivity contribution in [1.29, 1.82) is 0 Å². The van der Waals surface area contributed by atoms with E-state index in [1.807, 2.05) is 6.92 Å². The Morgan fingerprint density at radius 3 is 2.93 bits per heavy atom. The zero-order chi connectivity index (χ0) is 10.1. The first kappa shape index (κ1) is 8.98. The molecule has 1 fully saturated rings. The third-order valence-electron chi connectivity index (χ3n) is 2.26. The van der Waals surface area contributed by atoms with Crippen LogP contribution in [0, 0.1) is 6.92 Å². The lowest BCUT2D eigenvalue weighted by Gasteiger charge is -2.18. The Morgan fingerprint density at radius 2 is 2.43 bits per heavy atom. The van der Waals surface area contributed by atoms with Gasteiger partial charge in [0.2, 0.25) is 5.89 Å². The zero-order valence-electron chi connectivity index (χ0n) is 8.15. The van der Waals surface area contributed by atoms with Gasteiger partial charge in [-0.25, -0.2) is 4.79 Å². The van der Waals surface area contributed by atoms with E-state index in [4.69, 9.17) is 4.52 Å². The molecule has 1 aliphatic rings. The molecule has 1 saturated heterocycles. The molecule has 2 amide bonds. The van der Waals surface area contributed by atoms with Crippen LogP contribution in [0.1, 0.15) is 24.7 Å². The average Bonchev–Trinajstić information content (AvgIpc) is 2.73. The van der Waals surface area contributed by atoms with Gasteiger partial charge in [0, 0.05) is 13.1 Å². The fourth-order valence-electron chi connectivity index (χ4n) is 1.47. The van der Waals surface area contributed by atoms with Crippen molar-refractivity contribution in [3.05, 3.63) is 11.7 Å². The highest BCUT2D eigenvalue weighted by Gasteiger charge is 2.28. The molecule has 6 heteroatoms. The van der Waals surface area contributed by atoms with Gasteiger partial charge in [-0.15, -0.1) is 0 Å². The molecule has 0 aliphatic carbocycles. The molecular weight excluding hydrogens is 184 g/mol. The quantitative estimate of drug-likeness (QED) is 0.746. The Labute approximate surface area is 81.3 Å². The molecule has 1 N–H and O–H groups in total. The summed E-state index contributed by atoms with van der Waals surface area (Å²) in [6.45, 7) is 4.99. The second-order valence-corrected chi connectivity index (χ2v) is 3.28. The normalized spacial score (nSPS) is 18.4. The lowest BCUT2D eigenvalue weighted by atomic mass is 10.3. The van der Waals surface area contributed by atoms with Crippen molar-refractivity contribution in [3.63, 3.8) is 0 Å². The summed E-state index contributed by atoms with van der Waals surface area (Å²) in [5, 5.41) is 6.41. The van der Waals surface area contributed by atoms with Crippen molar-refractivity contribution >= 4 is 6.03 Å². The van der Waals surface area contributed by atoms with Crippen LogP contribution in [0.25, 0.3) is 0 Å². The molecule has 14 heavy (non-hydrogen) atoms. The van der Waals surface area contributed by atoms with Crippen molar-refractivity contribution in [3.8, 4) is 0 Å². The van der Waals surface area contributed by atoms with Crippen molar-refractivity contribution < 1.29 is 9.32 Å². The molecule has 0 bridgehead atoms. The third kappa shape index (κ3) is 1.43. The number of amides is 2. The van der Waals surface area contributed by atoms with E-state index in [0.717, 1.165) is 0 Å². The number of aromatic nitrogens is 2. The molecule has 0 spiro atoms. The molecule has 2 heterocycles. The molecule has 1 atom stereocenters. The van der Waals surface area contributed by atoms with E-state index in [1.54, 1.807) is 11.8 Å². The Hall–Kier alpha value is -1.59. The van der Waals surface area contributed by atoms with Gasteiger partial charge in [-0.2, -0.15) is 4.98 Å². The van der Waals surface area contributed by atoms with Gasteiger partial charge in [-0.05, 0) is 13.8 Å². The van der Waals surface area contributed by atoms with Gasteiger partial charge in [-0.3, -0.25) is 0 Å². The average molecular weight is 196 g/mol. The van der Waals surface area contributed by atoms with Gasteiger partial charge in [0.25, 0.3) is 0 Å². The molecule has 0 aromatic carbocycles. The lowest BCUT2D eigenvalue weighted by molar-refractivity contribution is 0.188. The van der Waals surface area contributed by atoms with Crippen molar-refractivity contribution in [2.24, 2.45) is 0 Å². The van der Waals surface area contributed by atoms with Crippen LogP contribution in [0.2, 0.25) is 0 Å². The van der Waals surface area contributed by atoms with Gasteiger partial charge >= 0.3 is 6.03 Å². The minimum atomic E-state index is -0.154. The number of nitrogens with one attached hydrogen (secondary N) is 1. The van der Waals surface area contributed by atoms with Crippen LogP contribution in [-0.4, -0.2) is 34.2 Å². The number of carbonyl (C=O) groups is 1. The highest BCUT2D eigenvalue weighted by Crippen LogP contribution is 2.19. The predicted molar refractivity (Wildman–Crippen MR) is 47.6 cm³/mol. The van der Waals surface area contributed by atoms with Crippen LogP contribution < -0.4 is 5.32 Å². The number of rotatable bonds is 2. The van der Waals surface area contributed by atoms with Crippen LogP contribution in [0.5, 0.6) is 0 Å². The number of hydrogen-bond donors (Lipinski definition) is 1. The number of nitrogens with zero attached hydrogens (tertiary/aromatic N) is 3. The summed E-state index contributed by atoms with van der Waals surface area (Å²) in [5.41, 5.74) is 0. The molecule has 0 saturated carbocycles. The van der Waals surface area contributed by atoms with Gasteiger partial charge in [0.1, 0.15) is 6.04 Å². The number of carbonyl (C=O) groups excluding carboxylic acids is 1. The number of aryl methyl sites for hydroxylation is 1. The van der Waals surface area contributed by atoms with Crippen molar-refractivity contribution in [1.82, 2.24) is 20.4 Å². The molecule has 1 aromatic heterocycles. The van der Waals surface area contributed by atoms with E-state index in [-0.39, 0.29) is 12.1 Å². The summed E-state index contributed by atoms with van der Waals surface area (Å²) in [5.74, 6) is 1.08. The summed E-state index contributed by atoms with van der Waals surface area (Å²) in [4.78, 5) is 17.1. The Morgan fingerprint density at radius 1 is 1.64 bits per heavy atom. The summed E-state index contributed by atoms with van der Waals surface area (Å²) in [6.07, 6.45) is 0. The van der Waals surface area contributed by atoms with E-state index in [0.29, 0.717) is 24.8 Å². The zero-order valence-corrected chi connectivity index (χ0v) is 8.15. The molecule has 76 valence electrons. The monoisotopic (exact) mass is 196 g/mol. The molecule has 2 rings (SSSR count). The second-order valence-electron chi connectivity index (χ2n) is 3.28.